The number of allylic oxidation sites excluding steroid dienone is 2. The van der Waals surface area contributed by atoms with E-state index < -0.39 is 0 Å². The van der Waals surface area contributed by atoms with Crippen molar-refractivity contribution in [2.45, 2.75) is 63.6 Å². The normalized spacial score (nSPS) is 52.7. The summed E-state index contributed by atoms with van der Waals surface area (Å²) in [5, 5.41) is 11.1. The van der Waals surface area contributed by atoms with E-state index in [0.29, 0.717) is 17.8 Å². The number of hydrogen-bond acceptors (Lipinski definition) is 2. The van der Waals surface area contributed by atoms with E-state index in [9.17, 15) is 5.11 Å². The highest BCUT2D eigenvalue weighted by Crippen LogP contribution is 2.62. The lowest BCUT2D eigenvalue weighted by Crippen LogP contribution is -2.48. The molecule has 0 bridgehead atoms. The smallest absolute Gasteiger partial charge is 0.123 e. The minimum Gasteiger partial charge on any atom is -0.493 e. The molecule has 0 spiro atoms. The van der Waals surface area contributed by atoms with Gasteiger partial charge in [-0.3, -0.25) is 0 Å². The first-order chi connectivity index (χ1) is 10.9. The Morgan fingerprint density at radius 2 is 1.50 bits per heavy atom. The summed E-state index contributed by atoms with van der Waals surface area (Å²) in [6.07, 6.45) is 17.2. The van der Waals surface area contributed by atoms with Crippen molar-refractivity contribution in [3.8, 4) is 0 Å². The molecule has 120 valence electrons. The summed E-state index contributed by atoms with van der Waals surface area (Å²) in [6, 6.07) is 0. The van der Waals surface area contributed by atoms with E-state index >= 15 is 0 Å². The number of aliphatic hydroxyl groups excluding tert-OH is 1. The molecule has 5 aliphatic rings. The molecule has 4 aliphatic carbocycles. The summed E-state index contributed by atoms with van der Waals surface area (Å²) in [5.41, 5.74) is 1.44. The van der Waals surface area contributed by atoms with E-state index in [2.05, 4.69) is 12.2 Å². The number of ether oxygens (including phenoxy) is 1. The molecule has 0 aromatic rings. The van der Waals surface area contributed by atoms with Crippen LogP contribution >= 0.6 is 0 Å². The van der Waals surface area contributed by atoms with Crippen LogP contribution in [-0.4, -0.2) is 17.3 Å². The zero-order valence-corrected chi connectivity index (χ0v) is 13.4. The minimum absolute atomic E-state index is 0.109. The van der Waals surface area contributed by atoms with Gasteiger partial charge in [-0.1, -0.05) is 31.8 Å². The molecule has 0 amide bonds. The Morgan fingerprint density at radius 1 is 0.864 bits per heavy atom. The Balaban J connectivity index is 1.59. The van der Waals surface area contributed by atoms with Crippen LogP contribution in [0.4, 0.5) is 0 Å². The van der Waals surface area contributed by atoms with E-state index in [4.69, 9.17) is 4.74 Å². The molecule has 5 rings (SSSR count). The Morgan fingerprint density at radius 3 is 2.27 bits per heavy atom. The van der Waals surface area contributed by atoms with Crippen LogP contribution < -0.4 is 0 Å². The second kappa shape index (κ2) is 5.12. The van der Waals surface area contributed by atoms with Crippen LogP contribution in [0, 0.1) is 35.5 Å². The van der Waals surface area contributed by atoms with Crippen LogP contribution in [0.15, 0.2) is 24.0 Å². The number of aliphatic hydroxyl groups is 1. The molecule has 2 heteroatoms. The molecule has 4 fully saturated rings. The predicted molar refractivity (Wildman–Crippen MR) is 86.0 cm³/mol. The second-order valence-electron chi connectivity index (χ2n) is 8.37. The minimum atomic E-state index is -0.109. The Kier molecular flexibility index (Phi) is 3.18. The Bertz CT molecular complexity index is 508. The molecule has 1 heterocycles. The quantitative estimate of drug-likeness (QED) is 0.731. The summed E-state index contributed by atoms with van der Waals surface area (Å²) >= 11 is 0. The van der Waals surface area contributed by atoms with Gasteiger partial charge in [0.05, 0.1) is 12.4 Å². The fourth-order valence-electron chi connectivity index (χ4n) is 7.00. The molecule has 2 nitrogen and oxygen atoms in total. The molecular formula is C20H28O2. The summed E-state index contributed by atoms with van der Waals surface area (Å²) in [4.78, 5) is 0. The fourth-order valence-corrected chi connectivity index (χ4v) is 7.00. The highest BCUT2D eigenvalue weighted by molar-refractivity contribution is 5.31. The zero-order valence-electron chi connectivity index (χ0n) is 13.4. The average molecular weight is 300 g/mol. The first-order valence-corrected chi connectivity index (χ1v) is 9.56. The van der Waals surface area contributed by atoms with Crippen molar-refractivity contribution in [3.63, 3.8) is 0 Å². The molecule has 0 radical (unpaired) electrons. The number of fused-ring (bicyclic) bond motifs is 8. The summed E-state index contributed by atoms with van der Waals surface area (Å²) in [7, 11) is 0. The third-order valence-corrected chi connectivity index (χ3v) is 7.65. The van der Waals surface area contributed by atoms with Crippen molar-refractivity contribution >= 4 is 0 Å². The molecular weight excluding hydrogens is 272 g/mol. The maximum Gasteiger partial charge on any atom is 0.123 e. The van der Waals surface area contributed by atoms with Gasteiger partial charge in [0.1, 0.15) is 6.10 Å². The van der Waals surface area contributed by atoms with Gasteiger partial charge in [-0.15, -0.1) is 0 Å². The van der Waals surface area contributed by atoms with Gasteiger partial charge in [-0.2, -0.15) is 0 Å². The topological polar surface area (TPSA) is 29.5 Å². The van der Waals surface area contributed by atoms with Crippen LogP contribution in [0.2, 0.25) is 0 Å². The van der Waals surface area contributed by atoms with Crippen LogP contribution in [0.25, 0.3) is 0 Å². The molecule has 1 aliphatic heterocycles. The van der Waals surface area contributed by atoms with Gasteiger partial charge in [0.15, 0.2) is 0 Å². The molecule has 8 unspecified atom stereocenters. The average Bonchev–Trinajstić information content (AvgIpc) is 2.89. The molecule has 1 N–H and O–H groups in total. The maximum atomic E-state index is 11.1. The lowest BCUT2D eigenvalue weighted by molar-refractivity contribution is -0.0353. The number of rotatable bonds is 0. The fraction of sp³-hybridized carbons (Fsp3) is 0.800. The van der Waals surface area contributed by atoms with Crippen molar-refractivity contribution in [2.75, 3.05) is 0 Å². The van der Waals surface area contributed by atoms with Gasteiger partial charge >= 0.3 is 0 Å². The Hall–Kier alpha value is -0.760. The van der Waals surface area contributed by atoms with E-state index in [1.165, 1.54) is 56.9 Å². The van der Waals surface area contributed by atoms with Crippen molar-refractivity contribution in [1.29, 1.82) is 0 Å². The van der Waals surface area contributed by atoms with Crippen molar-refractivity contribution < 1.29 is 9.84 Å². The van der Waals surface area contributed by atoms with Gasteiger partial charge in [-0.25, -0.2) is 0 Å². The van der Waals surface area contributed by atoms with E-state index in [0.717, 1.165) is 17.8 Å². The van der Waals surface area contributed by atoms with Crippen molar-refractivity contribution in [3.05, 3.63) is 24.0 Å². The monoisotopic (exact) mass is 300 g/mol. The molecule has 8 atom stereocenters. The number of hydrogen-bond donors (Lipinski definition) is 1. The lowest BCUT2D eigenvalue weighted by Gasteiger charge is -2.51. The standard InChI is InChI=1S/C20H28O2/c21-19-14-8-3-1-6-12(14)17-13-7-2-4-9-15(13)20-16(18(17)19)10-5-11-22-20/h5,10-15,17-21H,1-4,6-9H2. The summed E-state index contributed by atoms with van der Waals surface area (Å²) in [5.74, 6) is 3.99. The molecule has 22 heavy (non-hydrogen) atoms. The van der Waals surface area contributed by atoms with Gasteiger partial charge in [0.25, 0.3) is 0 Å². The first kappa shape index (κ1) is 13.7. The lowest BCUT2D eigenvalue weighted by atomic mass is 9.57. The van der Waals surface area contributed by atoms with Crippen molar-refractivity contribution in [1.82, 2.24) is 0 Å². The molecule has 4 saturated carbocycles. The van der Waals surface area contributed by atoms with E-state index in [1.54, 1.807) is 0 Å². The van der Waals surface area contributed by atoms with Crippen molar-refractivity contribution in [2.24, 2.45) is 35.5 Å². The van der Waals surface area contributed by atoms with Crippen LogP contribution in [0.5, 0.6) is 0 Å². The highest BCUT2D eigenvalue weighted by atomic mass is 16.5. The largest absolute Gasteiger partial charge is 0.493 e. The highest BCUT2D eigenvalue weighted by Gasteiger charge is 2.60. The second-order valence-corrected chi connectivity index (χ2v) is 8.37. The third kappa shape index (κ3) is 1.76. The SMILES string of the molecule is OC1C2CCCCC2C2C3CCCCC3C3OC=CC=C3C12. The summed E-state index contributed by atoms with van der Waals surface area (Å²) in [6.45, 7) is 0. The molecule has 0 aromatic heterocycles. The van der Waals surface area contributed by atoms with Crippen LogP contribution in [-0.2, 0) is 4.74 Å². The summed E-state index contributed by atoms with van der Waals surface area (Å²) < 4.78 is 6.10. The zero-order chi connectivity index (χ0) is 14.7. The third-order valence-electron chi connectivity index (χ3n) is 7.65. The van der Waals surface area contributed by atoms with Gasteiger partial charge < -0.3 is 9.84 Å². The van der Waals surface area contributed by atoms with Crippen LogP contribution in [0.1, 0.15) is 51.4 Å². The van der Waals surface area contributed by atoms with Crippen LogP contribution in [0.3, 0.4) is 0 Å². The molecule has 0 aromatic carbocycles. The Labute approximate surface area is 133 Å². The van der Waals surface area contributed by atoms with E-state index in [-0.39, 0.29) is 12.2 Å². The first-order valence-electron chi connectivity index (χ1n) is 9.56. The maximum absolute atomic E-state index is 11.1. The molecule has 0 saturated heterocycles. The van der Waals surface area contributed by atoms with Gasteiger partial charge in [0.2, 0.25) is 0 Å². The van der Waals surface area contributed by atoms with Gasteiger partial charge in [-0.05, 0) is 61.0 Å². The van der Waals surface area contributed by atoms with Gasteiger partial charge in [0, 0.05) is 11.8 Å². The predicted octanol–water partition coefficient (Wildman–Crippen LogP) is 4.06. The van der Waals surface area contributed by atoms with E-state index in [1.807, 2.05) is 6.26 Å².